The van der Waals surface area contributed by atoms with Gasteiger partial charge >= 0.3 is 5.69 Å². The molecule has 0 aliphatic rings. The van der Waals surface area contributed by atoms with Crippen molar-refractivity contribution in [2.75, 3.05) is 11.9 Å². The summed E-state index contributed by atoms with van der Waals surface area (Å²) in [5, 5.41) is 17.3. The maximum Gasteiger partial charge on any atom is 0.312 e. The first-order valence-electron chi connectivity index (χ1n) is 8.11. The summed E-state index contributed by atoms with van der Waals surface area (Å²) in [5.41, 5.74) is 1.38. The van der Waals surface area contributed by atoms with Crippen LogP contribution in [0.15, 0.2) is 42.5 Å². The lowest BCUT2D eigenvalue weighted by Crippen LogP contribution is -2.30. The van der Waals surface area contributed by atoms with Gasteiger partial charge in [-0.3, -0.25) is 14.9 Å². The lowest BCUT2D eigenvalue weighted by Gasteiger charge is -2.15. The topological polar surface area (TPSA) is 93.5 Å². The van der Waals surface area contributed by atoms with E-state index in [4.69, 9.17) is 16.3 Å². The average molecular weight is 414 g/mol. The van der Waals surface area contributed by atoms with Crippen LogP contribution in [-0.2, 0) is 11.3 Å². The number of halogens is 2. The summed E-state index contributed by atoms with van der Waals surface area (Å²) in [6.07, 6.45) is -0.924. The quantitative estimate of drug-likeness (QED) is 0.499. The second-order valence-corrected chi connectivity index (χ2v) is 6.04. The minimum absolute atomic E-state index is 0. The van der Waals surface area contributed by atoms with Gasteiger partial charge in [0.25, 0.3) is 5.91 Å². The van der Waals surface area contributed by atoms with E-state index >= 15 is 0 Å². The zero-order valence-corrected chi connectivity index (χ0v) is 16.5. The molecule has 0 aromatic heterocycles. The van der Waals surface area contributed by atoms with Crippen molar-refractivity contribution in [3.63, 3.8) is 0 Å². The first kappa shape index (κ1) is 22.7. The lowest BCUT2D eigenvalue weighted by atomic mass is 10.2. The fourth-order valence-corrected chi connectivity index (χ4v) is 2.42. The highest BCUT2D eigenvalue weighted by Crippen LogP contribution is 2.30. The molecule has 2 aromatic rings. The van der Waals surface area contributed by atoms with Gasteiger partial charge < -0.3 is 15.4 Å². The predicted octanol–water partition coefficient (Wildman–Crippen LogP) is 4.19. The van der Waals surface area contributed by atoms with Crippen molar-refractivity contribution in [2.45, 2.75) is 26.5 Å². The van der Waals surface area contributed by atoms with Gasteiger partial charge in [0.1, 0.15) is 0 Å². The van der Waals surface area contributed by atoms with Crippen LogP contribution in [0.5, 0.6) is 5.75 Å². The molecule has 0 saturated heterocycles. The molecule has 1 amide bonds. The fourth-order valence-electron chi connectivity index (χ4n) is 2.25. The van der Waals surface area contributed by atoms with Gasteiger partial charge in [-0.15, -0.1) is 12.4 Å². The first-order valence-corrected chi connectivity index (χ1v) is 8.49. The Bertz CT molecular complexity index is 802. The molecule has 7 nitrogen and oxygen atoms in total. The Kier molecular flexibility index (Phi) is 9.00. The van der Waals surface area contributed by atoms with Gasteiger partial charge in [-0.05, 0) is 43.3 Å². The third-order valence-corrected chi connectivity index (χ3v) is 3.80. The molecule has 0 bridgehead atoms. The molecule has 0 radical (unpaired) electrons. The molecule has 9 heteroatoms. The van der Waals surface area contributed by atoms with E-state index in [-0.39, 0.29) is 28.9 Å². The number of ether oxygens (including phenoxy) is 1. The van der Waals surface area contributed by atoms with E-state index in [1.54, 1.807) is 6.07 Å². The minimum atomic E-state index is -0.924. The van der Waals surface area contributed by atoms with Crippen LogP contribution in [0.4, 0.5) is 11.4 Å². The van der Waals surface area contributed by atoms with E-state index in [0.29, 0.717) is 12.2 Å². The van der Waals surface area contributed by atoms with Crippen LogP contribution in [0.25, 0.3) is 0 Å². The Balaban J connectivity index is 0.00000364. The van der Waals surface area contributed by atoms with Crippen LogP contribution in [0.3, 0.4) is 0 Å². The Morgan fingerprint density at radius 3 is 2.70 bits per heavy atom. The molecule has 1 unspecified atom stereocenters. The van der Waals surface area contributed by atoms with Crippen LogP contribution < -0.4 is 15.4 Å². The Labute approximate surface area is 168 Å². The molecule has 0 heterocycles. The Morgan fingerprint density at radius 1 is 1.30 bits per heavy atom. The molecule has 0 saturated carbocycles. The maximum atomic E-state index is 12.3. The van der Waals surface area contributed by atoms with Crippen LogP contribution in [0, 0.1) is 10.1 Å². The number of anilines is 1. The summed E-state index contributed by atoms with van der Waals surface area (Å²) in [5.74, 6) is -0.419. The maximum absolute atomic E-state index is 12.3. The zero-order valence-electron chi connectivity index (χ0n) is 14.9. The van der Waals surface area contributed by atoms with Gasteiger partial charge in [0, 0.05) is 23.3 Å². The summed E-state index contributed by atoms with van der Waals surface area (Å²) < 4.78 is 5.47. The molecule has 146 valence electrons. The predicted molar refractivity (Wildman–Crippen MR) is 108 cm³/mol. The van der Waals surface area contributed by atoms with E-state index in [1.165, 1.54) is 25.1 Å². The van der Waals surface area contributed by atoms with Gasteiger partial charge in [0.2, 0.25) is 0 Å². The molecule has 0 aliphatic heterocycles. The van der Waals surface area contributed by atoms with Gasteiger partial charge in [0.05, 0.1) is 4.92 Å². The number of rotatable bonds is 8. The van der Waals surface area contributed by atoms with Gasteiger partial charge in [0.15, 0.2) is 11.9 Å². The van der Waals surface area contributed by atoms with E-state index in [0.717, 1.165) is 12.1 Å². The van der Waals surface area contributed by atoms with Crippen molar-refractivity contribution in [1.82, 2.24) is 5.32 Å². The molecule has 0 aliphatic carbocycles. The number of nitrogens with one attached hydrogen (secondary N) is 2. The third kappa shape index (κ3) is 6.71. The van der Waals surface area contributed by atoms with Crippen LogP contribution >= 0.6 is 24.0 Å². The smallest absolute Gasteiger partial charge is 0.312 e. The van der Waals surface area contributed by atoms with Crippen LogP contribution in [0.1, 0.15) is 19.4 Å². The molecular formula is C18H21Cl2N3O4. The minimum Gasteiger partial charge on any atom is -0.474 e. The Hall–Kier alpha value is -2.35. The summed E-state index contributed by atoms with van der Waals surface area (Å²) in [4.78, 5) is 22.8. The highest BCUT2D eigenvalue weighted by Gasteiger charge is 2.21. The highest BCUT2D eigenvalue weighted by atomic mass is 35.5. The number of hydrogen-bond donors (Lipinski definition) is 2. The molecule has 0 spiro atoms. The van der Waals surface area contributed by atoms with E-state index in [2.05, 4.69) is 10.6 Å². The number of nitro benzene ring substituents is 1. The van der Waals surface area contributed by atoms with Gasteiger partial charge in [-0.1, -0.05) is 30.7 Å². The molecule has 2 N–H and O–H groups in total. The number of nitrogens with zero attached hydrogens (tertiary/aromatic N) is 1. The van der Waals surface area contributed by atoms with Crippen LogP contribution in [0.2, 0.25) is 5.02 Å². The van der Waals surface area contributed by atoms with Gasteiger partial charge in [-0.25, -0.2) is 0 Å². The second kappa shape index (κ2) is 10.7. The number of benzene rings is 2. The molecule has 1 atom stereocenters. The van der Waals surface area contributed by atoms with E-state index < -0.39 is 16.9 Å². The summed E-state index contributed by atoms with van der Waals surface area (Å²) >= 11 is 5.77. The second-order valence-electron chi connectivity index (χ2n) is 5.60. The van der Waals surface area contributed by atoms with E-state index in [9.17, 15) is 14.9 Å². The van der Waals surface area contributed by atoms with Crippen LogP contribution in [-0.4, -0.2) is 23.5 Å². The highest BCUT2D eigenvalue weighted by molar-refractivity contribution is 6.30. The fraction of sp³-hybridized carbons (Fsp3) is 0.278. The summed E-state index contributed by atoms with van der Waals surface area (Å²) in [6.45, 7) is 5.08. The summed E-state index contributed by atoms with van der Waals surface area (Å²) in [7, 11) is 0. The molecule has 27 heavy (non-hydrogen) atoms. The average Bonchev–Trinajstić information content (AvgIpc) is 2.61. The zero-order chi connectivity index (χ0) is 19.1. The standard InChI is InChI=1S/C18H20ClN3O4.ClH/c1-3-20-11-13-5-4-6-15(9-13)21-18(23)12(2)26-17-8-7-14(19)10-16(17)22(24)25;/h4-10,12,20H,3,11H2,1-2H3,(H,21,23);1H. The number of carbonyl (C=O) groups excluding carboxylic acids is 1. The number of carbonyl (C=O) groups is 1. The van der Waals surface area contributed by atoms with Crippen molar-refractivity contribution < 1.29 is 14.5 Å². The monoisotopic (exact) mass is 413 g/mol. The SMILES string of the molecule is CCNCc1cccc(NC(=O)C(C)Oc2ccc(Cl)cc2[N+](=O)[O-])c1.Cl. The molecule has 0 fully saturated rings. The summed E-state index contributed by atoms with van der Waals surface area (Å²) in [6, 6.07) is 11.5. The van der Waals surface area contributed by atoms with Crippen molar-refractivity contribution in [1.29, 1.82) is 0 Å². The van der Waals surface area contributed by atoms with Crippen molar-refractivity contribution in [3.8, 4) is 5.75 Å². The lowest BCUT2D eigenvalue weighted by molar-refractivity contribution is -0.386. The Morgan fingerprint density at radius 2 is 2.04 bits per heavy atom. The molecule has 2 rings (SSSR count). The molecule has 2 aromatic carbocycles. The first-order chi connectivity index (χ1) is 12.4. The third-order valence-electron chi connectivity index (χ3n) is 3.56. The van der Waals surface area contributed by atoms with Crippen molar-refractivity contribution >= 4 is 41.3 Å². The number of hydrogen-bond acceptors (Lipinski definition) is 5. The number of amides is 1. The normalized spacial score (nSPS) is 11.2. The van der Waals surface area contributed by atoms with Gasteiger partial charge in [-0.2, -0.15) is 0 Å². The molecular weight excluding hydrogens is 393 g/mol. The number of nitro groups is 1. The van der Waals surface area contributed by atoms with Crippen molar-refractivity contribution in [2.24, 2.45) is 0 Å². The van der Waals surface area contributed by atoms with Crippen molar-refractivity contribution in [3.05, 3.63) is 63.2 Å². The largest absolute Gasteiger partial charge is 0.474 e. The van der Waals surface area contributed by atoms with E-state index in [1.807, 2.05) is 25.1 Å².